The number of nitrogens with one attached hydrogen (secondary N) is 2. The molecule has 2 bridgehead atoms. The molecule has 2 heterocycles. The van der Waals surface area contributed by atoms with E-state index >= 15 is 0 Å². The fourth-order valence-corrected chi connectivity index (χ4v) is 5.86. The molecule has 0 spiro atoms. The fraction of sp³-hybridized carbons (Fsp3) is 0.500. The Labute approximate surface area is 194 Å². The van der Waals surface area contributed by atoms with Crippen LogP contribution in [0.3, 0.4) is 0 Å². The van der Waals surface area contributed by atoms with Crippen molar-refractivity contribution in [3.05, 3.63) is 53.2 Å². The Balaban J connectivity index is 1.53. The summed E-state index contributed by atoms with van der Waals surface area (Å²) in [6.07, 6.45) is -0.941. The number of sulfonamides is 1. The number of nitrogens with zero attached hydrogens (tertiary/aromatic N) is 1. The van der Waals surface area contributed by atoms with Gasteiger partial charge >= 0.3 is 6.18 Å². The van der Waals surface area contributed by atoms with Crippen LogP contribution in [0, 0.1) is 17.0 Å². The number of fused-ring (bicyclic) bond motifs is 2. The van der Waals surface area contributed by atoms with Gasteiger partial charge in [-0.2, -0.15) is 13.2 Å². The summed E-state index contributed by atoms with van der Waals surface area (Å²) in [6.45, 7) is 1.93. The molecule has 1 saturated heterocycles. The van der Waals surface area contributed by atoms with Crippen LogP contribution in [0.25, 0.3) is 0 Å². The van der Waals surface area contributed by atoms with Crippen LogP contribution in [0.5, 0.6) is 0 Å². The number of halogens is 5. The van der Waals surface area contributed by atoms with Crippen molar-refractivity contribution in [2.75, 3.05) is 18.5 Å². The second kappa shape index (κ2) is 8.72. The summed E-state index contributed by atoms with van der Waals surface area (Å²) in [5, 5.41) is 2.32. The lowest BCUT2D eigenvalue weighted by molar-refractivity contribution is -0.137. The quantitative estimate of drug-likeness (QED) is 0.537. The van der Waals surface area contributed by atoms with Crippen LogP contribution in [-0.4, -0.2) is 32.2 Å². The van der Waals surface area contributed by atoms with Crippen molar-refractivity contribution in [2.24, 2.45) is 5.41 Å². The van der Waals surface area contributed by atoms with E-state index in [1.807, 2.05) is 6.92 Å². The Kier molecular flexibility index (Phi) is 6.36. The van der Waals surface area contributed by atoms with Gasteiger partial charge in [0.05, 0.1) is 17.8 Å². The van der Waals surface area contributed by atoms with E-state index in [0.717, 1.165) is 31.5 Å². The summed E-state index contributed by atoms with van der Waals surface area (Å²) in [5.41, 5.74) is -2.23. The first-order chi connectivity index (χ1) is 15.8. The molecule has 6 nitrogen and oxygen atoms in total. The summed E-state index contributed by atoms with van der Waals surface area (Å²) in [5.74, 6) is -3.02. The summed E-state index contributed by atoms with van der Waals surface area (Å²) >= 11 is 0. The molecule has 1 aliphatic heterocycles. The summed E-state index contributed by atoms with van der Waals surface area (Å²) in [6, 6.07) is 3.80. The van der Waals surface area contributed by atoms with Crippen molar-refractivity contribution in [3.63, 3.8) is 0 Å². The number of rotatable bonds is 7. The summed E-state index contributed by atoms with van der Waals surface area (Å²) in [4.78, 5) is 3.00. The molecule has 2 aliphatic rings. The molecule has 2 aromatic rings. The van der Waals surface area contributed by atoms with Gasteiger partial charge < -0.3 is 10.1 Å². The predicted molar refractivity (Wildman–Crippen MR) is 113 cm³/mol. The van der Waals surface area contributed by atoms with Gasteiger partial charge in [-0.05, 0) is 44.7 Å². The Morgan fingerprint density at radius 2 is 1.97 bits per heavy atom. The lowest BCUT2D eigenvalue weighted by atomic mass is 9.71. The molecule has 1 aromatic heterocycles. The highest BCUT2D eigenvalue weighted by Gasteiger charge is 2.50. The molecule has 1 aliphatic carbocycles. The van der Waals surface area contributed by atoms with Crippen LogP contribution >= 0.6 is 0 Å². The van der Waals surface area contributed by atoms with E-state index in [4.69, 9.17) is 4.74 Å². The van der Waals surface area contributed by atoms with Gasteiger partial charge in [0, 0.05) is 30.3 Å². The smallest absolute Gasteiger partial charge is 0.375 e. The van der Waals surface area contributed by atoms with Gasteiger partial charge in [0.25, 0.3) is 0 Å². The molecular weight excluding hydrogens is 481 g/mol. The average Bonchev–Trinajstić information content (AvgIpc) is 3.01. The third-order valence-electron chi connectivity index (χ3n) is 6.48. The number of anilines is 1. The van der Waals surface area contributed by atoms with Crippen LogP contribution in [0.2, 0.25) is 0 Å². The zero-order valence-electron chi connectivity index (χ0n) is 18.3. The van der Waals surface area contributed by atoms with Crippen molar-refractivity contribution in [3.8, 4) is 0 Å². The van der Waals surface area contributed by atoms with E-state index in [2.05, 4.69) is 15.0 Å². The normalized spacial score (nSPS) is 24.9. The van der Waals surface area contributed by atoms with Crippen molar-refractivity contribution in [1.82, 2.24) is 9.71 Å². The zero-order chi connectivity index (χ0) is 24.8. The van der Waals surface area contributed by atoms with E-state index in [1.54, 1.807) is 0 Å². The van der Waals surface area contributed by atoms with Crippen molar-refractivity contribution in [2.45, 2.75) is 55.8 Å². The number of hydrogen-bond acceptors (Lipinski definition) is 5. The lowest BCUT2D eigenvalue weighted by Crippen LogP contribution is -2.41. The second-order valence-electron chi connectivity index (χ2n) is 9.22. The van der Waals surface area contributed by atoms with E-state index in [9.17, 15) is 30.4 Å². The molecule has 34 heavy (non-hydrogen) atoms. The van der Waals surface area contributed by atoms with Crippen molar-refractivity contribution < 1.29 is 35.1 Å². The van der Waals surface area contributed by atoms with Gasteiger partial charge in [-0.3, -0.25) is 0 Å². The van der Waals surface area contributed by atoms with Crippen LogP contribution in [-0.2, 0) is 27.5 Å². The summed E-state index contributed by atoms with van der Waals surface area (Å²) < 4.78 is 102. The van der Waals surface area contributed by atoms with Gasteiger partial charge in [0.15, 0.2) is 11.6 Å². The van der Waals surface area contributed by atoms with Crippen molar-refractivity contribution >= 4 is 15.8 Å². The predicted octanol–water partition coefficient (Wildman–Crippen LogP) is 4.62. The minimum atomic E-state index is -4.94. The number of pyridine rings is 1. The minimum absolute atomic E-state index is 0.0468. The molecule has 0 radical (unpaired) electrons. The number of alkyl halides is 3. The maximum Gasteiger partial charge on any atom is 0.419 e. The average molecular weight is 506 g/mol. The standard InChI is InChI=1S/C22H24F5N3O3S/c1-20-6-3-7-21(11-20,13-33-20)12-30-34(31,32)15-8-16(22(25,26)27)19(29-10-15)28-9-14-4-2-5-17(23)18(14)24/h2,4-5,8,10,30H,3,6-7,9,11-13H2,1H3,(H,28,29). The van der Waals surface area contributed by atoms with Gasteiger partial charge in [-0.1, -0.05) is 12.1 Å². The highest BCUT2D eigenvalue weighted by molar-refractivity contribution is 7.89. The number of benzene rings is 1. The molecule has 2 fully saturated rings. The zero-order valence-corrected chi connectivity index (χ0v) is 19.1. The molecule has 4 rings (SSSR count). The number of ether oxygens (including phenoxy) is 1. The van der Waals surface area contributed by atoms with E-state index in [1.165, 1.54) is 12.1 Å². The second-order valence-corrected chi connectivity index (χ2v) is 11.0. The first-order valence-corrected chi connectivity index (χ1v) is 12.2. The third kappa shape index (κ3) is 5.03. The lowest BCUT2D eigenvalue weighted by Gasteiger charge is -2.35. The summed E-state index contributed by atoms with van der Waals surface area (Å²) in [7, 11) is -4.29. The van der Waals surface area contributed by atoms with Crippen LogP contribution in [0.4, 0.5) is 27.8 Å². The highest BCUT2D eigenvalue weighted by atomic mass is 32.2. The monoisotopic (exact) mass is 505 g/mol. The van der Waals surface area contributed by atoms with E-state index < -0.39 is 56.1 Å². The van der Waals surface area contributed by atoms with Gasteiger partial charge in [0.1, 0.15) is 10.7 Å². The third-order valence-corrected chi connectivity index (χ3v) is 7.85. The molecule has 2 atom stereocenters. The molecule has 2 N–H and O–H groups in total. The number of hydrogen-bond donors (Lipinski definition) is 2. The fourth-order valence-electron chi connectivity index (χ4n) is 4.73. The SMILES string of the molecule is CC12CCCC(CNS(=O)(=O)c3cnc(NCc4cccc(F)c4F)c(C(F)(F)F)c3)(CO1)C2. The number of aromatic nitrogens is 1. The molecule has 12 heteroatoms. The van der Waals surface area contributed by atoms with Gasteiger partial charge in [0.2, 0.25) is 10.0 Å². The molecule has 2 unspecified atom stereocenters. The molecule has 1 aromatic carbocycles. The first kappa shape index (κ1) is 24.8. The highest BCUT2D eigenvalue weighted by Crippen LogP contribution is 2.49. The molecule has 186 valence electrons. The molecule has 1 saturated carbocycles. The molecule has 0 amide bonds. The largest absolute Gasteiger partial charge is 0.419 e. The Morgan fingerprint density at radius 3 is 2.71 bits per heavy atom. The van der Waals surface area contributed by atoms with Crippen LogP contribution in [0.1, 0.15) is 43.7 Å². The molecular formula is C22H24F5N3O3S. The van der Waals surface area contributed by atoms with Crippen molar-refractivity contribution in [1.29, 1.82) is 0 Å². The Morgan fingerprint density at radius 1 is 1.21 bits per heavy atom. The maximum atomic E-state index is 13.8. The topological polar surface area (TPSA) is 80.3 Å². The van der Waals surface area contributed by atoms with E-state index in [0.29, 0.717) is 19.1 Å². The minimum Gasteiger partial charge on any atom is -0.375 e. The Bertz CT molecular complexity index is 1190. The van der Waals surface area contributed by atoms with Gasteiger partial charge in [-0.15, -0.1) is 0 Å². The van der Waals surface area contributed by atoms with Crippen LogP contribution in [0.15, 0.2) is 35.4 Å². The first-order valence-electron chi connectivity index (χ1n) is 10.7. The van der Waals surface area contributed by atoms with Gasteiger partial charge in [-0.25, -0.2) is 26.9 Å². The maximum absolute atomic E-state index is 13.8. The Hall–Kier alpha value is -2.31. The van der Waals surface area contributed by atoms with E-state index in [-0.39, 0.29) is 17.7 Å². The van der Waals surface area contributed by atoms with Crippen LogP contribution < -0.4 is 10.0 Å².